The zero-order valence-electron chi connectivity index (χ0n) is 10.3. The highest BCUT2D eigenvalue weighted by molar-refractivity contribution is 5.82. The summed E-state index contributed by atoms with van der Waals surface area (Å²) >= 11 is 0. The fraction of sp³-hybridized carbons (Fsp3) is 0.769. The van der Waals surface area contributed by atoms with Gasteiger partial charge in [-0.1, -0.05) is 32.3 Å². The molecule has 2 N–H and O–H groups in total. The molecule has 0 radical (unpaired) electrons. The Hall–Kier alpha value is -0.830. The minimum absolute atomic E-state index is 0.105. The van der Waals surface area contributed by atoms with E-state index in [2.05, 4.69) is 13.5 Å². The third-order valence-corrected chi connectivity index (χ3v) is 3.29. The monoisotopic (exact) mass is 224 g/mol. The zero-order chi connectivity index (χ0) is 12.0. The number of rotatable bonds is 6. The van der Waals surface area contributed by atoms with Crippen molar-refractivity contribution >= 4 is 5.91 Å². The van der Waals surface area contributed by atoms with Crippen molar-refractivity contribution < 1.29 is 4.79 Å². The van der Waals surface area contributed by atoms with Gasteiger partial charge in [-0.25, -0.2) is 0 Å². The molecule has 0 spiro atoms. The zero-order valence-corrected chi connectivity index (χ0v) is 10.3. The summed E-state index contributed by atoms with van der Waals surface area (Å²) in [5.41, 5.74) is 5.90. The summed E-state index contributed by atoms with van der Waals surface area (Å²) in [4.78, 5) is 14.1. The van der Waals surface area contributed by atoms with E-state index in [-0.39, 0.29) is 11.9 Å². The molecule has 1 rings (SSSR count). The molecule has 0 saturated heterocycles. The second kappa shape index (κ2) is 6.69. The van der Waals surface area contributed by atoms with Gasteiger partial charge in [-0.2, -0.15) is 0 Å². The standard InChI is InChI=1S/C13H24N2O/c1-3-7-12(14)13(16)15(10-4-2)11-8-5-6-9-11/h4,11-12H,2-3,5-10,14H2,1H3. The second-order valence-electron chi connectivity index (χ2n) is 4.61. The van der Waals surface area contributed by atoms with Crippen LogP contribution in [0.15, 0.2) is 12.7 Å². The van der Waals surface area contributed by atoms with Gasteiger partial charge in [0.05, 0.1) is 6.04 Å². The molecule has 1 atom stereocenters. The summed E-state index contributed by atoms with van der Waals surface area (Å²) in [5.74, 6) is 0.105. The molecule has 1 fully saturated rings. The molecule has 0 aromatic heterocycles. The van der Waals surface area contributed by atoms with Gasteiger partial charge >= 0.3 is 0 Å². The van der Waals surface area contributed by atoms with Crippen LogP contribution in [-0.2, 0) is 4.79 Å². The molecule has 1 aliphatic carbocycles. The summed E-state index contributed by atoms with van der Waals surface area (Å²) in [5, 5.41) is 0. The minimum atomic E-state index is -0.328. The van der Waals surface area contributed by atoms with Gasteiger partial charge < -0.3 is 10.6 Å². The van der Waals surface area contributed by atoms with Crippen LogP contribution >= 0.6 is 0 Å². The van der Waals surface area contributed by atoms with Crippen molar-refractivity contribution in [3.8, 4) is 0 Å². The lowest BCUT2D eigenvalue weighted by molar-refractivity contribution is -0.134. The first-order valence-corrected chi connectivity index (χ1v) is 6.37. The largest absolute Gasteiger partial charge is 0.335 e. The van der Waals surface area contributed by atoms with Crippen molar-refractivity contribution in [3.05, 3.63) is 12.7 Å². The van der Waals surface area contributed by atoms with Gasteiger partial charge in [0.1, 0.15) is 0 Å². The van der Waals surface area contributed by atoms with Crippen molar-refractivity contribution in [2.75, 3.05) is 6.54 Å². The maximum absolute atomic E-state index is 12.2. The van der Waals surface area contributed by atoms with Gasteiger partial charge in [0.15, 0.2) is 0 Å². The summed E-state index contributed by atoms with van der Waals surface area (Å²) in [6.45, 7) is 6.42. The van der Waals surface area contributed by atoms with Crippen LogP contribution in [0.5, 0.6) is 0 Å². The average Bonchev–Trinajstić information content (AvgIpc) is 2.78. The third-order valence-electron chi connectivity index (χ3n) is 3.29. The van der Waals surface area contributed by atoms with E-state index in [0.717, 1.165) is 25.7 Å². The Morgan fingerprint density at radius 1 is 1.56 bits per heavy atom. The molecule has 92 valence electrons. The number of carbonyl (C=O) groups is 1. The van der Waals surface area contributed by atoms with Crippen LogP contribution in [-0.4, -0.2) is 29.4 Å². The number of nitrogens with two attached hydrogens (primary N) is 1. The highest BCUT2D eigenvalue weighted by Crippen LogP contribution is 2.24. The van der Waals surface area contributed by atoms with Gasteiger partial charge in [-0.05, 0) is 19.3 Å². The Morgan fingerprint density at radius 3 is 2.69 bits per heavy atom. The Labute approximate surface area is 98.7 Å². The molecule has 0 aliphatic heterocycles. The normalized spacial score (nSPS) is 18.4. The molecule has 1 amide bonds. The Bertz CT molecular complexity index is 234. The summed E-state index contributed by atoms with van der Waals surface area (Å²) in [6, 6.07) is 0.0685. The Kier molecular flexibility index (Phi) is 5.53. The van der Waals surface area contributed by atoms with Crippen LogP contribution in [0.4, 0.5) is 0 Å². The smallest absolute Gasteiger partial charge is 0.240 e. The predicted molar refractivity (Wildman–Crippen MR) is 67.0 cm³/mol. The van der Waals surface area contributed by atoms with Crippen LogP contribution in [0.3, 0.4) is 0 Å². The quantitative estimate of drug-likeness (QED) is 0.702. The van der Waals surface area contributed by atoms with Gasteiger partial charge in [-0.15, -0.1) is 6.58 Å². The number of hydrogen-bond acceptors (Lipinski definition) is 2. The van der Waals surface area contributed by atoms with Gasteiger partial charge in [0.2, 0.25) is 5.91 Å². The van der Waals surface area contributed by atoms with E-state index >= 15 is 0 Å². The van der Waals surface area contributed by atoms with Crippen molar-refractivity contribution in [2.24, 2.45) is 5.73 Å². The fourth-order valence-corrected chi connectivity index (χ4v) is 2.42. The molecule has 0 aromatic carbocycles. The van der Waals surface area contributed by atoms with Crippen molar-refractivity contribution in [2.45, 2.75) is 57.5 Å². The molecule has 0 aromatic rings. The van der Waals surface area contributed by atoms with Crippen LogP contribution in [0.2, 0.25) is 0 Å². The van der Waals surface area contributed by atoms with Crippen LogP contribution < -0.4 is 5.73 Å². The molecule has 3 heteroatoms. The van der Waals surface area contributed by atoms with Gasteiger partial charge in [0.25, 0.3) is 0 Å². The number of carbonyl (C=O) groups excluding carboxylic acids is 1. The summed E-state index contributed by atoms with van der Waals surface area (Å²) < 4.78 is 0. The maximum Gasteiger partial charge on any atom is 0.240 e. The lowest BCUT2D eigenvalue weighted by Gasteiger charge is -2.30. The average molecular weight is 224 g/mol. The Morgan fingerprint density at radius 2 is 2.19 bits per heavy atom. The summed E-state index contributed by atoms with van der Waals surface area (Å²) in [6.07, 6.45) is 8.24. The molecule has 3 nitrogen and oxygen atoms in total. The molecule has 1 saturated carbocycles. The van der Waals surface area contributed by atoms with Crippen molar-refractivity contribution in [3.63, 3.8) is 0 Å². The topological polar surface area (TPSA) is 46.3 Å². The summed E-state index contributed by atoms with van der Waals surface area (Å²) in [7, 11) is 0. The molecule has 0 bridgehead atoms. The van der Waals surface area contributed by atoms with Gasteiger partial charge in [-0.3, -0.25) is 4.79 Å². The highest BCUT2D eigenvalue weighted by atomic mass is 16.2. The molecular weight excluding hydrogens is 200 g/mol. The van der Waals surface area contributed by atoms with E-state index in [1.165, 1.54) is 12.8 Å². The van der Waals surface area contributed by atoms with E-state index < -0.39 is 0 Å². The molecule has 16 heavy (non-hydrogen) atoms. The second-order valence-corrected chi connectivity index (χ2v) is 4.61. The van der Waals surface area contributed by atoms with Crippen LogP contribution in [0.1, 0.15) is 45.4 Å². The van der Waals surface area contributed by atoms with Crippen molar-refractivity contribution in [1.82, 2.24) is 4.90 Å². The first kappa shape index (κ1) is 13.2. The Balaban J connectivity index is 2.60. The van der Waals surface area contributed by atoms with E-state index in [9.17, 15) is 4.79 Å². The fourth-order valence-electron chi connectivity index (χ4n) is 2.42. The first-order chi connectivity index (χ1) is 7.70. The predicted octanol–water partition coefficient (Wildman–Crippen LogP) is 2.07. The van der Waals surface area contributed by atoms with Gasteiger partial charge in [0, 0.05) is 12.6 Å². The lowest BCUT2D eigenvalue weighted by atomic mass is 10.1. The molecular formula is C13H24N2O. The molecule has 0 heterocycles. The van der Waals surface area contributed by atoms with E-state index in [1.807, 2.05) is 4.90 Å². The van der Waals surface area contributed by atoms with E-state index in [4.69, 9.17) is 5.73 Å². The molecule has 1 unspecified atom stereocenters. The third kappa shape index (κ3) is 3.34. The number of nitrogens with zero attached hydrogens (tertiary/aromatic N) is 1. The molecule has 1 aliphatic rings. The van der Waals surface area contributed by atoms with E-state index in [1.54, 1.807) is 6.08 Å². The van der Waals surface area contributed by atoms with Crippen LogP contribution in [0, 0.1) is 0 Å². The maximum atomic E-state index is 12.2. The number of amides is 1. The highest BCUT2D eigenvalue weighted by Gasteiger charge is 2.28. The SMILES string of the molecule is C=CCN(C(=O)C(N)CCC)C1CCCC1. The number of hydrogen-bond donors (Lipinski definition) is 1. The van der Waals surface area contributed by atoms with E-state index in [0.29, 0.717) is 12.6 Å². The minimum Gasteiger partial charge on any atom is -0.335 e. The first-order valence-electron chi connectivity index (χ1n) is 6.37. The van der Waals surface area contributed by atoms with Crippen molar-refractivity contribution in [1.29, 1.82) is 0 Å². The lowest BCUT2D eigenvalue weighted by Crippen LogP contribution is -2.47. The van der Waals surface area contributed by atoms with Crippen LogP contribution in [0.25, 0.3) is 0 Å².